The molecule has 108 valence electrons. The molecule has 3 rings (SSSR count). The summed E-state index contributed by atoms with van der Waals surface area (Å²) in [7, 11) is 2.01. The highest BCUT2D eigenvalue weighted by Crippen LogP contribution is 2.30. The third-order valence-corrected chi connectivity index (χ3v) is 4.63. The number of rotatable bonds is 6. The molecule has 0 spiro atoms. The van der Waals surface area contributed by atoms with Gasteiger partial charge in [0.05, 0.1) is 6.61 Å². The van der Waals surface area contributed by atoms with Crippen LogP contribution in [0.25, 0.3) is 10.1 Å². The third kappa shape index (κ3) is 3.26. The van der Waals surface area contributed by atoms with E-state index in [9.17, 15) is 0 Å². The summed E-state index contributed by atoms with van der Waals surface area (Å²) in [5.41, 5.74) is 1.36. The van der Waals surface area contributed by atoms with Crippen LogP contribution in [-0.2, 0) is 0 Å². The lowest BCUT2D eigenvalue weighted by atomic mass is 10.0. The molecule has 21 heavy (non-hydrogen) atoms. The Hall–Kier alpha value is -1.84. The maximum absolute atomic E-state index is 5.82. The van der Waals surface area contributed by atoms with Gasteiger partial charge >= 0.3 is 0 Å². The number of ether oxygens (including phenoxy) is 1. The van der Waals surface area contributed by atoms with E-state index in [0.29, 0.717) is 12.6 Å². The molecule has 1 heterocycles. The van der Waals surface area contributed by atoms with Crippen molar-refractivity contribution in [2.75, 3.05) is 13.7 Å². The van der Waals surface area contributed by atoms with Crippen LogP contribution in [0.1, 0.15) is 18.0 Å². The van der Waals surface area contributed by atoms with Gasteiger partial charge in [-0.1, -0.05) is 36.4 Å². The highest BCUT2D eigenvalue weighted by atomic mass is 32.1. The maximum atomic E-state index is 5.82. The molecular weight excluding hydrogens is 278 g/mol. The number of thiophene rings is 1. The van der Waals surface area contributed by atoms with Crippen LogP contribution in [0.4, 0.5) is 0 Å². The van der Waals surface area contributed by atoms with E-state index < -0.39 is 0 Å². The molecule has 0 amide bonds. The van der Waals surface area contributed by atoms with E-state index in [0.717, 1.165) is 12.2 Å². The van der Waals surface area contributed by atoms with Gasteiger partial charge in [-0.3, -0.25) is 0 Å². The summed E-state index contributed by atoms with van der Waals surface area (Å²) in [6, 6.07) is 19.0. The topological polar surface area (TPSA) is 21.3 Å². The summed E-state index contributed by atoms with van der Waals surface area (Å²) in [4.78, 5) is 0. The molecule has 0 saturated heterocycles. The van der Waals surface area contributed by atoms with Gasteiger partial charge in [-0.05, 0) is 41.6 Å². The van der Waals surface area contributed by atoms with Crippen molar-refractivity contribution in [2.24, 2.45) is 0 Å². The summed E-state index contributed by atoms with van der Waals surface area (Å²) in [5, 5.41) is 6.89. The SMILES string of the molecule is CNC(CCOc1ccccc1)c1cccc2ccsc12. The lowest BCUT2D eigenvalue weighted by Gasteiger charge is -2.18. The molecule has 2 nitrogen and oxygen atoms in total. The van der Waals surface area contributed by atoms with Crippen molar-refractivity contribution in [2.45, 2.75) is 12.5 Å². The van der Waals surface area contributed by atoms with Gasteiger partial charge in [-0.15, -0.1) is 11.3 Å². The normalized spacial score (nSPS) is 12.4. The number of para-hydroxylation sites is 1. The van der Waals surface area contributed by atoms with E-state index in [1.54, 1.807) is 11.3 Å². The Bertz CT molecular complexity index is 693. The number of hydrogen-bond acceptors (Lipinski definition) is 3. The summed E-state index contributed by atoms with van der Waals surface area (Å²) < 4.78 is 7.19. The molecule has 1 atom stereocenters. The Labute approximate surface area is 129 Å². The Morgan fingerprint density at radius 3 is 2.71 bits per heavy atom. The molecule has 3 aromatic rings. The minimum atomic E-state index is 0.316. The summed E-state index contributed by atoms with van der Waals surface area (Å²) >= 11 is 1.81. The van der Waals surface area contributed by atoms with Crippen LogP contribution < -0.4 is 10.1 Å². The smallest absolute Gasteiger partial charge is 0.119 e. The zero-order valence-electron chi connectivity index (χ0n) is 12.1. The molecule has 0 bridgehead atoms. The molecule has 2 aromatic carbocycles. The molecule has 0 aliphatic carbocycles. The molecule has 0 radical (unpaired) electrons. The quantitative estimate of drug-likeness (QED) is 0.716. The van der Waals surface area contributed by atoms with Gasteiger partial charge in [0.2, 0.25) is 0 Å². The second-order valence-corrected chi connectivity index (χ2v) is 5.89. The Morgan fingerprint density at radius 1 is 1.05 bits per heavy atom. The molecule has 1 aromatic heterocycles. The van der Waals surface area contributed by atoms with Gasteiger partial charge in [0, 0.05) is 17.2 Å². The molecule has 0 aliphatic rings. The van der Waals surface area contributed by atoms with Crippen LogP contribution in [0.5, 0.6) is 5.75 Å². The first-order valence-electron chi connectivity index (χ1n) is 7.19. The average Bonchev–Trinajstić information content (AvgIpc) is 3.01. The van der Waals surface area contributed by atoms with Crippen LogP contribution in [0.2, 0.25) is 0 Å². The fraction of sp³-hybridized carbons (Fsp3) is 0.222. The van der Waals surface area contributed by atoms with Crippen molar-refractivity contribution in [3.05, 3.63) is 65.5 Å². The number of fused-ring (bicyclic) bond motifs is 1. The van der Waals surface area contributed by atoms with Crippen LogP contribution in [0.3, 0.4) is 0 Å². The Balaban J connectivity index is 1.69. The van der Waals surface area contributed by atoms with Crippen molar-refractivity contribution in [3.63, 3.8) is 0 Å². The van der Waals surface area contributed by atoms with Gasteiger partial charge in [-0.2, -0.15) is 0 Å². The predicted molar refractivity (Wildman–Crippen MR) is 90.2 cm³/mol. The average molecular weight is 297 g/mol. The zero-order valence-corrected chi connectivity index (χ0v) is 12.9. The van der Waals surface area contributed by atoms with E-state index in [4.69, 9.17) is 4.74 Å². The second-order valence-electron chi connectivity index (χ2n) is 4.98. The first-order valence-corrected chi connectivity index (χ1v) is 8.07. The lowest BCUT2D eigenvalue weighted by Crippen LogP contribution is -2.19. The van der Waals surface area contributed by atoms with E-state index in [1.807, 2.05) is 37.4 Å². The fourth-order valence-electron chi connectivity index (χ4n) is 2.56. The summed E-state index contributed by atoms with van der Waals surface area (Å²) in [6.45, 7) is 0.706. The van der Waals surface area contributed by atoms with Crippen molar-refractivity contribution in [3.8, 4) is 5.75 Å². The molecule has 1 N–H and O–H groups in total. The summed E-state index contributed by atoms with van der Waals surface area (Å²) in [6.07, 6.45) is 0.947. The third-order valence-electron chi connectivity index (χ3n) is 3.65. The predicted octanol–water partition coefficient (Wildman–Crippen LogP) is 4.63. The van der Waals surface area contributed by atoms with Crippen LogP contribution in [0.15, 0.2) is 60.0 Å². The van der Waals surface area contributed by atoms with Crippen LogP contribution >= 0.6 is 11.3 Å². The van der Waals surface area contributed by atoms with Crippen molar-refractivity contribution in [1.29, 1.82) is 0 Å². The van der Waals surface area contributed by atoms with Crippen molar-refractivity contribution >= 4 is 21.4 Å². The van der Waals surface area contributed by atoms with Gasteiger partial charge in [0.1, 0.15) is 5.75 Å². The molecule has 1 unspecified atom stereocenters. The minimum Gasteiger partial charge on any atom is -0.494 e. The van der Waals surface area contributed by atoms with Crippen molar-refractivity contribution < 1.29 is 4.74 Å². The molecule has 3 heteroatoms. The minimum absolute atomic E-state index is 0.316. The van der Waals surface area contributed by atoms with Crippen LogP contribution in [-0.4, -0.2) is 13.7 Å². The second kappa shape index (κ2) is 6.74. The van der Waals surface area contributed by atoms with E-state index >= 15 is 0 Å². The Kier molecular flexibility index (Phi) is 4.53. The largest absolute Gasteiger partial charge is 0.494 e. The van der Waals surface area contributed by atoms with E-state index in [2.05, 4.69) is 35.0 Å². The first kappa shape index (κ1) is 14.1. The lowest BCUT2D eigenvalue weighted by molar-refractivity contribution is 0.290. The van der Waals surface area contributed by atoms with Gasteiger partial charge in [0.15, 0.2) is 0 Å². The molecule has 0 saturated carbocycles. The number of nitrogens with one attached hydrogen (secondary N) is 1. The molecule has 0 fully saturated rings. The van der Waals surface area contributed by atoms with E-state index in [1.165, 1.54) is 15.6 Å². The van der Waals surface area contributed by atoms with E-state index in [-0.39, 0.29) is 0 Å². The standard InChI is InChI=1S/C18H19NOS/c1-19-17(10-12-20-15-7-3-2-4-8-15)16-9-5-6-14-11-13-21-18(14)16/h2-9,11,13,17,19H,10,12H2,1H3. The zero-order chi connectivity index (χ0) is 14.5. The first-order chi connectivity index (χ1) is 10.4. The number of benzene rings is 2. The monoisotopic (exact) mass is 297 g/mol. The highest BCUT2D eigenvalue weighted by Gasteiger charge is 2.13. The Morgan fingerprint density at radius 2 is 1.90 bits per heavy atom. The highest BCUT2D eigenvalue weighted by molar-refractivity contribution is 7.17. The van der Waals surface area contributed by atoms with Gasteiger partial charge in [0.25, 0.3) is 0 Å². The van der Waals surface area contributed by atoms with Gasteiger partial charge in [-0.25, -0.2) is 0 Å². The molecule has 0 aliphatic heterocycles. The molecular formula is C18H19NOS. The fourth-order valence-corrected chi connectivity index (χ4v) is 3.53. The van der Waals surface area contributed by atoms with Crippen molar-refractivity contribution in [1.82, 2.24) is 5.32 Å². The number of hydrogen-bond donors (Lipinski definition) is 1. The van der Waals surface area contributed by atoms with Crippen LogP contribution in [0, 0.1) is 0 Å². The van der Waals surface area contributed by atoms with Gasteiger partial charge < -0.3 is 10.1 Å². The maximum Gasteiger partial charge on any atom is 0.119 e. The summed E-state index contributed by atoms with van der Waals surface area (Å²) in [5.74, 6) is 0.932.